The molecule has 7 nitrogen and oxygen atoms in total. The average Bonchev–Trinajstić information content (AvgIpc) is 3.16. The van der Waals surface area contributed by atoms with Crippen LogP contribution < -0.4 is 10.1 Å². The molecule has 1 fully saturated rings. The molecule has 8 heteroatoms. The molecule has 1 aliphatic rings. The number of nitrogens with one attached hydrogen (secondary N) is 1. The smallest absolute Gasteiger partial charge is 0.243 e. The molecule has 1 atom stereocenters. The van der Waals surface area contributed by atoms with Gasteiger partial charge in [-0.25, -0.2) is 4.98 Å². The molecule has 3 aromatic rings. The summed E-state index contributed by atoms with van der Waals surface area (Å²) in [5.41, 5.74) is 1.66. The van der Waals surface area contributed by atoms with Gasteiger partial charge in [-0.05, 0) is 37.2 Å². The molecular formula is C16H17ClN4O3. The molecule has 24 heavy (non-hydrogen) atoms. The van der Waals surface area contributed by atoms with Gasteiger partial charge >= 0.3 is 0 Å². The van der Waals surface area contributed by atoms with E-state index in [2.05, 4.69) is 20.4 Å². The minimum Gasteiger partial charge on any atom is -0.497 e. The van der Waals surface area contributed by atoms with Gasteiger partial charge in [-0.3, -0.25) is 0 Å². The quantitative estimate of drug-likeness (QED) is 0.758. The Hall–Kier alpha value is -2.38. The molecule has 1 aromatic carbocycles. The summed E-state index contributed by atoms with van der Waals surface area (Å²) in [6, 6.07) is 7.75. The molecule has 1 aliphatic heterocycles. The third kappa shape index (κ3) is 3.27. The van der Waals surface area contributed by atoms with Crippen LogP contribution >= 0.6 is 12.4 Å². The summed E-state index contributed by atoms with van der Waals surface area (Å²) in [4.78, 5) is 8.87. The van der Waals surface area contributed by atoms with Gasteiger partial charge in [0.05, 0.1) is 25.3 Å². The normalized spacial score (nSPS) is 16.3. The van der Waals surface area contributed by atoms with Crippen LogP contribution in [0.25, 0.3) is 11.5 Å². The first kappa shape index (κ1) is 16.5. The van der Waals surface area contributed by atoms with Crippen molar-refractivity contribution in [2.75, 3.05) is 13.7 Å². The highest BCUT2D eigenvalue weighted by molar-refractivity contribution is 5.85. The zero-order valence-electron chi connectivity index (χ0n) is 13.1. The van der Waals surface area contributed by atoms with Crippen molar-refractivity contribution in [2.24, 2.45) is 0 Å². The largest absolute Gasteiger partial charge is 0.497 e. The first-order valence-electron chi connectivity index (χ1n) is 7.46. The van der Waals surface area contributed by atoms with E-state index in [9.17, 15) is 0 Å². The minimum absolute atomic E-state index is 0. The van der Waals surface area contributed by atoms with Crippen LogP contribution in [-0.2, 0) is 6.42 Å². The summed E-state index contributed by atoms with van der Waals surface area (Å²) in [7, 11) is 1.64. The second-order valence-corrected chi connectivity index (χ2v) is 5.39. The summed E-state index contributed by atoms with van der Waals surface area (Å²) in [6.45, 7) is 0.997. The summed E-state index contributed by atoms with van der Waals surface area (Å²) in [5, 5.41) is 7.23. The minimum atomic E-state index is 0. The Morgan fingerprint density at radius 3 is 2.71 bits per heavy atom. The lowest BCUT2D eigenvalue weighted by atomic mass is 10.1. The zero-order chi connectivity index (χ0) is 15.6. The Morgan fingerprint density at radius 2 is 2.04 bits per heavy atom. The van der Waals surface area contributed by atoms with Gasteiger partial charge < -0.3 is 19.0 Å². The summed E-state index contributed by atoms with van der Waals surface area (Å²) >= 11 is 0. The molecule has 4 rings (SSSR count). The molecule has 0 saturated carbocycles. The van der Waals surface area contributed by atoms with E-state index in [4.69, 9.17) is 13.7 Å². The Kier molecular flexibility index (Phi) is 4.82. The van der Waals surface area contributed by atoms with Crippen LogP contribution in [0.4, 0.5) is 0 Å². The van der Waals surface area contributed by atoms with E-state index in [0.717, 1.165) is 30.0 Å². The molecule has 0 bridgehead atoms. The third-order valence-electron chi connectivity index (χ3n) is 3.83. The summed E-state index contributed by atoms with van der Waals surface area (Å²) in [6.07, 6.45) is 3.14. The number of rotatable bonds is 5. The van der Waals surface area contributed by atoms with Gasteiger partial charge in [-0.15, -0.1) is 12.4 Å². The first-order valence-corrected chi connectivity index (χ1v) is 7.46. The van der Waals surface area contributed by atoms with Crippen LogP contribution in [0.3, 0.4) is 0 Å². The second-order valence-electron chi connectivity index (χ2n) is 5.39. The van der Waals surface area contributed by atoms with E-state index in [1.54, 1.807) is 13.4 Å². The predicted molar refractivity (Wildman–Crippen MR) is 88.2 cm³/mol. The number of ether oxygens (including phenoxy) is 1. The van der Waals surface area contributed by atoms with Crippen molar-refractivity contribution in [3.05, 3.63) is 47.9 Å². The van der Waals surface area contributed by atoms with Gasteiger partial charge in [0.15, 0.2) is 5.82 Å². The van der Waals surface area contributed by atoms with Crippen LogP contribution in [-0.4, -0.2) is 28.8 Å². The van der Waals surface area contributed by atoms with E-state index in [0.29, 0.717) is 24.0 Å². The lowest BCUT2D eigenvalue weighted by Crippen LogP contribution is -2.35. The summed E-state index contributed by atoms with van der Waals surface area (Å²) < 4.78 is 15.9. The Labute approximate surface area is 144 Å². The molecule has 0 unspecified atom stereocenters. The molecule has 1 N–H and O–H groups in total. The zero-order valence-corrected chi connectivity index (χ0v) is 13.9. The predicted octanol–water partition coefficient (Wildman–Crippen LogP) is 2.78. The molecule has 1 saturated heterocycles. The van der Waals surface area contributed by atoms with Crippen molar-refractivity contribution in [3.8, 4) is 17.2 Å². The standard InChI is InChI=1S/C16H16N4O3.ClH/c1-21-12-4-2-10(3-5-12)15-18-11(9-22-15)8-14-19-16(23-20-14)13-6-7-17-13;/h2-5,9,13,17H,6-8H2,1H3;1H/t13-;/m1./s1. The average molecular weight is 349 g/mol. The Morgan fingerprint density at radius 1 is 1.25 bits per heavy atom. The van der Waals surface area contributed by atoms with Crippen LogP contribution in [0.5, 0.6) is 5.75 Å². The van der Waals surface area contributed by atoms with Gasteiger partial charge in [-0.2, -0.15) is 4.98 Å². The number of benzene rings is 1. The highest BCUT2D eigenvalue weighted by Gasteiger charge is 2.24. The number of aromatic nitrogens is 3. The fraction of sp³-hybridized carbons (Fsp3) is 0.312. The molecule has 126 valence electrons. The van der Waals surface area contributed by atoms with Gasteiger partial charge in [0.2, 0.25) is 11.8 Å². The topological polar surface area (TPSA) is 86.2 Å². The van der Waals surface area contributed by atoms with Crippen LogP contribution in [0.15, 0.2) is 39.5 Å². The van der Waals surface area contributed by atoms with Crippen molar-refractivity contribution >= 4 is 12.4 Å². The Balaban J connectivity index is 0.00000169. The fourth-order valence-corrected chi connectivity index (χ4v) is 2.40. The van der Waals surface area contributed by atoms with E-state index < -0.39 is 0 Å². The number of nitrogens with zero attached hydrogens (tertiary/aromatic N) is 3. The maximum Gasteiger partial charge on any atom is 0.243 e. The van der Waals surface area contributed by atoms with Crippen molar-refractivity contribution in [1.29, 1.82) is 0 Å². The highest BCUT2D eigenvalue weighted by Crippen LogP contribution is 2.23. The molecule has 0 radical (unpaired) electrons. The van der Waals surface area contributed by atoms with Crippen molar-refractivity contribution < 1.29 is 13.7 Å². The van der Waals surface area contributed by atoms with Gasteiger partial charge in [0.25, 0.3) is 0 Å². The van der Waals surface area contributed by atoms with Crippen LogP contribution in [0.2, 0.25) is 0 Å². The molecule has 0 amide bonds. The third-order valence-corrected chi connectivity index (χ3v) is 3.83. The molecule has 0 spiro atoms. The van der Waals surface area contributed by atoms with E-state index in [1.165, 1.54) is 0 Å². The maximum absolute atomic E-state index is 5.53. The van der Waals surface area contributed by atoms with Gasteiger partial charge in [0.1, 0.15) is 12.0 Å². The molecule has 0 aliphatic carbocycles. The number of oxazole rings is 1. The van der Waals surface area contributed by atoms with Gasteiger partial charge in [-0.1, -0.05) is 5.16 Å². The lowest BCUT2D eigenvalue weighted by molar-refractivity contribution is 0.272. The maximum atomic E-state index is 5.53. The number of methoxy groups -OCH3 is 1. The van der Waals surface area contributed by atoms with Crippen molar-refractivity contribution in [2.45, 2.75) is 18.9 Å². The monoisotopic (exact) mass is 348 g/mol. The molecular weight excluding hydrogens is 332 g/mol. The molecule has 3 heterocycles. The van der Waals surface area contributed by atoms with E-state index >= 15 is 0 Å². The highest BCUT2D eigenvalue weighted by atomic mass is 35.5. The van der Waals surface area contributed by atoms with E-state index in [-0.39, 0.29) is 18.4 Å². The van der Waals surface area contributed by atoms with Crippen LogP contribution in [0.1, 0.15) is 29.9 Å². The fourth-order valence-electron chi connectivity index (χ4n) is 2.40. The van der Waals surface area contributed by atoms with E-state index in [1.807, 2.05) is 24.3 Å². The second kappa shape index (κ2) is 7.02. The van der Waals surface area contributed by atoms with Crippen molar-refractivity contribution in [3.63, 3.8) is 0 Å². The summed E-state index contributed by atoms with van der Waals surface area (Å²) in [5.74, 6) is 2.62. The van der Waals surface area contributed by atoms with Gasteiger partial charge in [0, 0.05) is 5.56 Å². The lowest BCUT2D eigenvalue weighted by Gasteiger charge is -2.23. The molecule has 2 aromatic heterocycles. The number of hydrogen-bond acceptors (Lipinski definition) is 7. The number of hydrogen-bond donors (Lipinski definition) is 1. The first-order chi connectivity index (χ1) is 11.3. The van der Waals surface area contributed by atoms with Crippen molar-refractivity contribution in [1.82, 2.24) is 20.4 Å². The number of halogens is 1. The Bertz CT molecular complexity index is 796. The van der Waals surface area contributed by atoms with Crippen LogP contribution in [0, 0.1) is 0 Å². The SMILES string of the molecule is COc1ccc(-c2nc(Cc3noc([C@H]4CCN4)n3)co2)cc1.Cl.